The van der Waals surface area contributed by atoms with Crippen molar-refractivity contribution in [2.75, 3.05) is 0 Å². The molecule has 96 valence electrons. The SMILES string of the molecule is CC(C)(C)C(N)C(N)Cc1nnc(C(N)=O)o1. The molecule has 1 rings (SSSR count). The fraction of sp³-hybridized carbons (Fsp3) is 0.700. The normalized spacial score (nSPS) is 15.6. The van der Waals surface area contributed by atoms with Crippen molar-refractivity contribution in [2.24, 2.45) is 22.6 Å². The first-order chi connectivity index (χ1) is 7.71. The Balaban J connectivity index is 2.68. The number of hydrogen-bond donors (Lipinski definition) is 3. The van der Waals surface area contributed by atoms with Crippen molar-refractivity contribution in [3.8, 4) is 0 Å². The number of aromatic nitrogens is 2. The molecule has 2 atom stereocenters. The Kier molecular flexibility index (Phi) is 3.84. The number of rotatable bonds is 4. The molecule has 0 bridgehead atoms. The zero-order chi connectivity index (χ0) is 13.2. The largest absolute Gasteiger partial charge is 0.417 e. The summed E-state index contributed by atoms with van der Waals surface area (Å²) < 4.78 is 5.05. The second-order valence-electron chi connectivity index (χ2n) is 5.12. The number of hydrogen-bond acceptors (Lipinski definition) is 6. The minimum atomic E-state index is -0.752. The van der Waals surface area contributed by atoms with Gasteiger partial charge in [0.15, 0.2) is 0 Å². The third-order valence-electron chi connectivity index (χ3n) is 2.55. The van der Waals surface area contributed by atoms with E-state index in [4.69, 9.17) is 21.6 Å². The molecule has 2 unspecified atom stereocenters. The van der Waals surface area contributed by atoms with Crippen LogP contribution >= 0.6 is 0 Å². The van der Waals surface area contributed by atoms with E-state index < -0.39 is 5.91 Å². The first-order valence-corrected chi connectivity index (χ1v) is 5.35. The highest BCUT2D eigenvalue weighted by molar-refractivity contribution is 5.87. The van der Waals surface area contributed by atoms with E-state index >= 15 is 0 Å². The van der Waals surface area contributed by atoms with Crippen LogP contribution in [0.2, 0.25) is 0 Å². The first-order valence-electron chi connectivity index (χ1n) is 5.35. The molecule has 0 radical (unpaired) electrons. The summed E-state index contributed by atoms with van der Waals surface area (Å²) in [7, 11) is 0. The summed E-state index contributed by atoms with van der Waals surface area (Å²) in [4.78, 5) is 10.8. The van der Waals surface area contributed by atoms with Gasteiger partial charge in [-0.3, -0.25) is 4.79 Å². The Morgan fingerprint density at radius 1 is 1.35 bits per heavy atom. The topological polar surface area (TPSA) is 134 Å². The number of carbonyl (C=O) groups excluding carboxylic acids is 1. The molecule has 1 aromatic heterocycles. The Hall–Kier alpha value is -1.47. The molecule has 7 nitrogen and oxygen atoms in total. The van der Waals surface area contributed by atoms with E-state index in [9.17, 15) is 4.79 Å². The van der Waals surface area contributed by atoms with Gasteiger partial charge in [-0.05, 0) is 5.41 Å². The number of carbonyl (C=O) groups is 1. The molecular weight excluding hydrogens is 222 g/mol. The maximum atomic E-state index is 10.8. The van der Waals surface area contributed by atoms with Crippen molar-refractivity contribution in [3.05, 3.63) is 11.8 Å². The zero-order valence-electron chi connectivity index (χ0n) is 10.3. The predicted molar refractivity (Wildman–Crippen MR) is 61.9 cm³/mol. The van der Waals surface area contributed by atoms with Gasteiger partial charge in [-0.25, -0.2) is 0 Å². The third kappa shape index (κ3) is 3.50. The predicted octanol–water partition coefficient (Wildman–Crippen LogP) is -0.588. The van der Waals surface area contributed by atoms with E-state index in [2.05, 4.69) is 10.2 Å². The maximum Gasteiger partial charge on any atom is 0.306 e. The molecule has 0 fully saturated rings. The highest BCUT2D eigenvalue weighted by atomic mass is 16.4. The molecule has 0 spiro atoms. The van der Waals surface area contributed by atoms with Crippen LogP contribution in [0.4, 0.5) is 0 Å². The molecule has 0 aliphatic heterocycles. The van der Waals surface area contributed by atoms with Crippen LogP contribution in [0.25, 0.3) is 0 Å². The minimum absolute atomic E-state index is 0.119. The van der Waals surface area contributed by atoms with Crippen molar-refractivity contribution in [3.63, 3.8) is 0 Å². The molecule has 6 N–H and O–H groups in total. The minimum Gasteiger partial charge on any atom is -0.417 e. The van der Waals surface area contributed by atoms with E-state index in [0.29, 0.717) is 6.42 Å². The Bertz CT molecular complexity index is 396. The summed E-state index contributed by atoms with van der Waals surface area (Å²) in [5, 5.41) is 7.19. The summed E-state index contributed by atoms with van der Waals surface area (Å²) in [5.74, 6) is -0.694. The summed E-state index contributed by atoms with van der Waals surface area (Å²) in [6.07, 6.45) is 0.318. The lowest BCUT2D eigenvalue weighted by Gasteiger charge is -2.31. The van der Waals surface area contributed by atoms with Crippen LogP contribution < -0.4 is 17.2 Å². The lowest BCUT2D eigenvalue weighted by molar-refractivity contribution is 0.0965. The summed E-state index contributed by atoms with van der Waals surface area (Å²) in [6, 6.07) is -0.539. The van der Waals surface area contributed by atoms with Gasteiger partial charge in [-0.1, -0.05) is 20.8 Å². The number of nitrogens with zero attached hydrogens (tertiary/aromatic N) is 2. The molecular formula is C10H19N5O2. The van der Waals surface area contributed by atoms with Gasteiger partial charge in [0.1, 0.15) is 0 Å². The van der Waals surface area contributed by atoms with Crippen LogP contribution in [0.3, 0.4) is 0 Å². The highest BCUT2D eigenvalue weighted by Gasteiger charge is 2.28. The van der Waals surface area contributed by atoms with Gasteiger partial charge in [-0.15, -0.1) is 10.2 Å². The van der Waals surface area contributed by atoms with Crippen LogP contribution in [0.5, 0.6) is 0 Å². The fourth-order valence-electron chi connectivity index (χ4n) is 1.41. The van der Waals surface area contributed by atoms with E-state index in [1.807, 2.05) is 20.8 Å². The number of amides is 1. The lowest BCUT2D eigenvalue weighted by Crippen LogP contribution is -2.50. The standard InChI is InChI=1S/C10H19N5O2/c1-10(2,3)7(12)5(11)4-6-14-15-9(17-6)8(13)16/h5,7H,4,11-12H2,1-3H3,(H2,13,16). The summed E-state index contributed by atoms with van der Waals surface area (Å²) in [6.45, 7) is 6.00. The van der Waals surface area contributed by atoms with Crippen LogP contribution in [-0.2, 0) is 6.42 Å². The van der Waals surface area contributed by atoms with Crippen LogP contribution in [0.15, 0.2) is 4.42 Å². The highest BCUT2D eigenvalue weighted by Crippen LogP contribution is 2.20. The quantitative estimate of drug-likeness (QED) is 0.645. The van der Waals surface area contributed by atoms with Crippen LogP contribution in [0.1, 0.15) is 37.3 Å². The second kappa shape index (κ2) is 4.80. The average Bonchev–Trinajstić information content (AvgIpc) is 2.63. The maximum absolute atomic E-state index is 10.8. The van der Waals surface area contributed by atoms with Gasteiger partial charge in [0, 0.05) is 18.5 Å². The molecule has 1 aromatic rings. The van der Waals surface area contributed by atoms with Gasteiger partial charge in [-0.2, -0.15) is 0 Å². The average molecular weight is 241 g/mol. The van der Waals surface area contributed by atoms with Gasteiger partial charge in [0.25, 0.3) is 0 Å². The molecule has 0 aliphatic rings. The van der Waals surface area contributed by atoms with Crippen molar-refractivity contribution in [1.29, 1.82) is 0 Å². The Labute approximate surface area is 99.7 Å². The number of nitrogens with two attached hydrogens (primary N) is 3. The Morgan fingerprint density at radius 2 is 1.94 bits per heavy atom. The first kappa shape index (κ1) is 13.6. The van der Waals surface area contributed by atoms with Crippen molar-refractivity contribution >= 4 is 5.91 Å². The van der Waals surface area contributed by atoms with Crippen LogP contribution in [-0.4, -0.2) is 28.2 Å². The van der Waals surface area contributed by atoms with E-state index in [-0.39, 0.29) is 29.3 Å². The Morgan fingerprint density at radius 3 is 2.35 bits per heavy atom. The molecule has 0 saturated carbocycles. The van der Waals surface area contributed by atoms with E-state index in [1.54, 1.807) is 0 Å². The van der Waals surface area contributed by atoms with Crippen LogP contribution in [0, 0.1) is 5.41 Å². The molecule has 7 heteroatoms. The fourth-order valence-corrected chi connectivity index (χ4v) is 1.41. The van der Waals surface area contributed by atoms with Gasteiger partial charge < -0.3 is 21.6 Å². The summed E-state index contributed by atoms with van der Waals surface area (Å²) >= 11 is 0. The van der Waals surface area contributed by atoms with Crippen molar-refractivity contribution in [1.82, 2.24) is 10.2 Å². The lowest BCUT2D eigenvalue weighted by atomic mass is 9.82. The van der Waals surface area contributed by atoms with E-state index in [1.165, 1.54) is 0 Å². The summed E-state index contributed by atoms with van der Waals surface area (Å²) in [5.41, 5.74) is 16.8. The molecule has 1 amide bonds. The molecule has 0 aliphatic carbocycles. The van der Waals surface area contributed by atoms with Crippen molar-refractivity contribution in [2.45, 2.75) is 39.3 Å². The molecule has 0 saturated heterocycles. The number of primary amides is 1. The molecule has 17 heavy (non-hydrogen) atoms. The van der Waals surface area contributed by atoms with Gasteiger partial charge in [0.2, 0.25) is 5.89 Å². The monoisotopic (exact) mass is 241 g/mol. The van der Waals surface area contributed by atoms with Gasteiger partial charge >= 0.3 is 11.8 Å². The third-order valence-corrected chi connectivity index (χ3v) is 2.55. The second-order valence-corrected chi connectivity index (χ2v) is 5.12. The zero-order valence-corrected chi connectivity index (χ0v) is 10.3. The molecule has 1 heterocycles. The molecule has 0 aromatic carbocycles. The van der Waals surface area contributed by atoms with Crippen molar-refractivity contribution < 1.29 is 9.21 Å². The smallest absolute Gasteiger partial charge is 0.306 e. The van der Waals surface area contributed by atoms with Gasteiger partial charge in [0.05, 0.1) is 0 Å². The van der Waals surface area contributed by atoms with E-state index in [0.717, 1.165) is 0 Å².